The lowest BCUT2D eigenvalue weighted by Gasteiger charge is -2.17. The van der Waals surface area contributed by atoms with Crippen molar-refractivity contribution in [1.29, 1.82) is 0 Å². The third kappa shape index (κ3) is 3.16. The molecule has 1 atom stereocenters. The van der Waals surface area contributed by atoms with Gasteiger partial charge in [0, 0.05) is 16.1 Å². The fraction of sp³-hybridized carbons (Fsp3) is 0.200. The second-order valence-electron chi connectivity index (χ2n) is 4.40. The molecule has 0 aliphatic rings. The molecule has 0 spiro atoms. The average molecular weight is 342 g/mol. The molecule has 5 heteroatoms. The van der Waals surface area contributed by atoms with Crippen LogP contribution in [0.15, 0.2) is 40.9 Å². The minimum Gasteiger partial charge on any atom is -0.496 e. The zero-order valence-corrected chi connectivity index (χ0v) is 12.5. The van der Waals surface area contributed by atoms with Crippen molar-refractivity contribution in [3.63, 3.8) is 0 Å². The van der Waals surface area contributed by atoms with E-state index in [1.807, 2.05) is 0 Å². The lowest BCUT2D eigenvalue weighted by atomic mass is 9.98. The van der Waals surface area contributed by atoms with Gasteiger partial charge >= 0.3 is 0 Å². The van der Waals surface area contributed by atoms with Crippen LogP contribution in [-0.4, -0.2) is 7.11 Å². The van der Waals surface area contributed by atoms with Crippen LogP contribution in [-0.2, 0) is 6.42 Å². The summed E-state index contributed by atoms with van der Waals surface area (Å²) in [6.45, 7) is 0. The summed E-state index contributed by atoms with van der Waals surface area (Å²) in [4.78, 5) is 0. The fourth-order valence-corrected chi connectivity index (χ4v) is 2.50. The molecule has 0 radical (unpaired) electrons. The highest BCUT2D eigenvalue weighted by Crippen LogP contribution is 2.30. The van der Waals surface area contributed by atoms with E-state index in [-0.39, 0.29) is 5.82 Å². The van der Waals surface area contributed by atoms with Crippen molar-refractivity contribution >= 4 is 15.9 Å². The molecule has 0 aromatic heterocycles. The molecule has 0 saturated heterocycles. The first-order valence-corrected chi connectivity index (χ1v) is 6.84. The van der Waals surface area contributed by atoms with Gasteiger partial charge in [0.2, 0.25) is 0 Å². The van der Waals surface area contributed by atoms with Gasteiger partial charge in [-0.3, -0.25) is 0 Å². The second-order valence-corrected chi connectivity index (χ2v) is 5.26. The number of hydrogen-bond acceptors (Lipinski definition) is 2. The molecule has 2 aromatic rings. The number of ether oxygens (including phenoxy) is 1. The SMILES string of the molecule is COc1cccc(F)c1C(N)Cc1cc(F)ccc1Br. The summed E-state index contributed by atoms with van der Waals surface area (Å²) in [7, 11) is 1.46. The number of rotatable bonds is 4. The van der Waals surface area contributed by atoms with E-state index in [1.54, 1.807) is 18.2 Å². The number of hydrogen-bond donors (Lipinski definition) is 1. The first-order valence-electron chi connectivity index (χ1n) is 6.05. The monoisotopic (exact) mass is 341 g/mol. The molecular formula is C15H14BrF2NO. The van der Waals surface area contributed by atoms with Gasteiger partial charge in [0.25, 0.3) is 0 Å². The maximum Gasteiger partial charge on any atom is 0.131 e. The predicted octanol–water partition coefficient (Wildman–Crippen LogP) is 3.98. The molecule has 0 bridgehead atoms. The Morgan fingerprint density at radius 2 is 2.00 bits per heavy atom. The van der Waals surface area contributed by atoms with E-state index in [2.05, 4.69) is 15.9 Å². The van der Waals surface area contributed by atoms with E-state index < -0.39 is 11.9 Å². The summed E-state index contributed by atoms with van der Waals surface area (Å²) < 4.78 is 33.1. The van der Waals surface area contributed by atoms with Gasteiger partial charge < -0.3 is 10.5 Å². The molecule has 0 saturated carbocycles. The van der Waals surface area contributed by atoms with E-state index in [9.17, 15) is 8.78 Å². The van der Waals surface area contributed by atoms with Gasteiger partial charge in [0.05, 0.1) is 7.11 Å². The van der Waals surface area contributed by atoms with Gasteiger partial charge in [-0.1, -0.05) is 22.0 Å². The molecule has 20 heavy (non-hydrogen) atoms. The number of nitrogens with two attached hydrogens (primary N) is 1. The van der Waals surface area contributed by atoms with Crippen LogP contribution >= 0.6 is 15.9 Å². The number of halogens is 3. The molecule has 2 nitrogen and oxygen atoms in total. The topological polar surface area (TPSA) is 35.2 Å². The van der Waals surface area contributed by atoms with E-state index in [0.29, 0.717) is 23.3 Å². The summed E-state index contributed by atoms with van der Waals surface area (Å²) in [5.41, 5.74) is 7.04. The quantitative estimate of drug-likeness (QED) is 0.912. The van der Waals surface area contributed by atoms with Crippen molar-refractivity contribution in [2.45, 2.75) is 12.5 Å². The van der Waals surface area contributed by atoms with Gasteiger partial charge in [-0.05, 0) is 42.3 Å². The Kier molecular flexibility index (Phi) is 4.73. The maximum atomic E-state index is 13.9. The first-order chi connectivity index (χ1) is 9.52. The van der Waals surface area contributed by atoms with Crippen molar-refractivity contribution in [3.8, 4) is 5.75 Å². The Balaban J connectivity index is 2.33. The molecule has 1 unspecified atom stereocenters. The molecule has 0 fully saturated rings. The Bertz CT molecular complexity index is 619. The highest BCUT2D eigenvalue weighted by molar-refractivity contribution is 9.10. The summed E-state index contributed by atoms with van der Waals surface area (Å²) in [5.74, 6) is -0.384. The van der Waals surface area contributed by atoms with Gasteiger partial charge in [-0.25, -0.2) is 8.78 Å². The summed E-state index contributed by atoms with van der Waals surface area (Å²) in [6.07, 6.45) is 0.301. The average Bonchev–Trinajstić information content (AvgIpc) is 2.42. The van der Waals surface area contributed by atoms with Crippen LogP contribution in [0.25, 0.3) is 0 Å². The van der Waals surface area contributed by atoms with Crippen molar-refractivity contribution in [3.05, 3.63) is 63.6 Å². The molecule has 0 amide bonds. The van der Waals surface area contributed by atoms with E-state index in [1.165, 1.54) is 25.3 Å². The second kappa shape index (κ2) is 6.33. The summed E-state index contributed by atoms with van der Waals surface area (Å²) in [5, 5.41) is 0. The number of methoxy groups -OCH3 is 1. The van der Waals surface area contributed by atoms with E-state index >= 15 is 0 Å². The van der Waals surface area contributed by atoms with Crippen molar-refractivity contribution in [2.75, 3.05) is 7.11 Å². The lowest BCUT2D eigenvalue weighted by molar-refractivity contribution is 0.398. The molecule has 0 aliphatic carbocycles. The third-order valence-electron chi connectivity index (χ3n) is 3.05. The van der Waals surface area contributed by atoms with Crippen molar-refractivity contribution in [1.82, 2.24) is 0 Å². The summed E-state index contributed by atoms with van der Waals surface area (Å²) in [6, 6.07) is 8.26. The largest absolute Gasteiger partial charge is 0.496 e. The van der Waals surface area contributed by atoms with Crippen LogP contribution in [0.3, 0.4) is 0 Å². The zero-order chi connectivity index (χ0) is 14.7. The summed E-state index contributed by atoms with van der Waals surface area (Å²) >= 11 is 3.34. The van der Waals surface area contributed by atoms with Gasteiger partial charge in [0.1, 0.15) is 17.4 Å². The fourth-order valence-electron chi connectivity index (χ4n) is 2.09. The minimum absolute atomic E-state index is 0.297. The molecule has 2 N–H and O–H groups in total. The maximum absolute atomic E-state index is 13.9. The Morgan fingerprint density at radius 1 is 1.25 bits per heavy atom. The van der Waals surface area contributed by atoms with Crippen LogP contribution in [0.1, 0.15) is 17.2 Å². The predicted molar refractivity (Wildman–Crippen MR) is 77.7 cm³/mol. The van der Waals surface area contributed by atoms with Crippen LogP contribution < -0.4 is 10.5 Å². The highest BCUT2D eigenvalue weighted by atomic mass is 79.9. The van der Waals surface area contributed by atoms with Gasteiger partial charge in [-0.2, -0.15) is 0 Å². The molecule has 2 aromatic carbocycles. The molecule has 0 aliphatic heterocycles. The van der Waals surface area contributed by atoms with Gasteiger partial charge in [-0.15, -0.1) is 0 Å². The smallest absolute Gasteiger partial charge is 0.131 e. The van der Waals surface area contributed by atoms with Crippen molar-refractivity contribution in [2.24, 2.45) is 5.73 Å². The standard InChI is InChI=1S/C15H14BrF2NO/c1-20-14-4-2-3-12(18)15(14)13(19)8-9-7-10(17)5-6-11(9)16/h2-7,13H,8,19H2,1H3. The molecule has 106 valence electrons. The zero-order valence-electron chi connectivity index (χ0n) is 10.9. The Labute approximate surface area is 124 Å². The van der Waals surface area contributed by atoms with Crippen LogP contribution in [0.4, 0.5) is 8.78 Å². The minimum atomic E-state index is -0.621. The molecule has 0 heterocycles. The van der Waals surface area contributed by atoms with E-state index in [0.717, 1.165) is 4.47 Å². The van der Waals surface area contributed by atoms with Crippen LogP contribution in [0.2, 0.25) is 0 Å². The Hall–Kier alpha value is -1.46. The number of benzene rings is 2. The van der Waals surface area contributed by atoms with Crippen LogP contribution in [0.5, 0.6) is 5.75 Å². The van der Waals surface area contributed by atoms with Crippen LogP contribution in [0, 0.1) is 11.6 Å². The van der Waals surface area contributed by atoms with E-state index in [4.69, 9.17) is 10.5 Å². The molecular weight excluding hydrogens is 328 g/mol. The first kappa shape index (κ1) is 14.9. The molecule has 2 rings (SSSR count). The normalized spacial score (nSPS) is 12.2. The third-order valence-corrected chi connectivity index (χ3v) is 3.82. The lowest BCUT2D eigenvalue weighted by Crippen LogP contribution is -2.16. The highest BCUT2D eigenvalue weighted by Gasteiger charge is 2.18. The van der Waals surface area contributed by atoms with Crippen molar-refractivity contribution < 1.29 is 13.5 Å². The van der Waals surface area contributed by atoms with Gasteiger partial charge in [0.15, 0.2) is 0 Å². The Morgan fingerprint density at radius 3 is 2.70 bits per heavy atom.